The van der Waals surface area contributed by atoms with Crippen molar-refractivity contribution >= 4 is 13.3 Å². The second-order valence-corrected chi connectivity index (χ2v) is 10.7. The van der Waals surface area contributed by atoms with Crippen molar-refractivity contribution < 1.29 is 0 Å². The molecule has 1 aromatic heterocycles. The van der Waals surface area contributed by atoms with Crippen LogP contribution in [0.1, 0.15) is 24.4 Å². The number of pyridine rings is 1. The van der Waals surface area contributed by atoms with E-state index < -0.39 is 8.07 Å². The zero-order valence-electron chi connectivity index (χ0n) is 11.8. The van der Waals surface area contributed by atoms with Crippen LogP contribution in [-0.4, -0.2) is 31.6 Å². The summed E-state index contributed by atoms with van der Waals surface area (Å²) in [5.41, 5.74) is 1.47. The molecule has 0 amide bonds. The van der Waals surface area contributed by atoms with Gasteiger partial charge in [-0.15, -0.1) is 6.58 Å². The second-order valence-electron chi connectivity index (χ2n) is 5.98. The van der Waals surface area contributed by atoms with Gasteiger partial charge in [0.15, 0.2) is 0 Å². The maximum Gasteiger partial charge on any atom is 0.0848 e. The van der Waals surface area contributed by atoms with E-state index in [1.165, 1.54) is 24.9 Å². The number of nitrogens with zero attached hydrogens (tertiary/aromatic N) is 2. The lowest BCUT2D eigenvalue weighted by atomic mass is 10.1. The van der Waals surface area contributed by atoms with Gasteiger partial charge in [0.25, 0.3) is 0 Å². The van der Waals surface area contributed by atoms with E-state index in [1.807, 2.05) is 6.20 Å². The van der Waals surface area contributed by atoms with Gasteiger partial charge in [-0.3, -0.25) is 9.88 Å². The van der Waals surface area contributed by atoms with E-state index in [0.29, 0.717) is 6.04 Å². The van der Waals surface area contributed by atoms with Crippen molar-refractivity contribution in [1.29, 1.82) is 0 Å². The second kappa shape index (κ2) is 5.37. The van der Waals surface area contributed by atoms with Crippen LogP contribution in [0.15, 0.2) is 31.1 Å². The van der Waals surface area contributed by atoms with Gasteiger partial charge < -0.3 is 0 Å². The third-order valence-corrected chi connectivity index (χ3v) is 7.34. The quantitative estimate of drug-likeness (QED) is 0.611. The Labute approximate surface area is 112 Å². The van der Waals surface area contributed by atoms with Crippen molar-refractivity contribution in [3.05, 3.63) is 36.7 Å². The first-order chi connectivity index (χ1) is 8.56. The zero-order valence-corrected chi connectivity index (χ0v) is 12.8. The third-order valence-electron chi connectivity index (χ3n) is 4.12. The summed E-state index contributed by atoms with van der Waals surface area (Å²) in [6.45, 7) is 10.00. The summed E-state index contributed by atoms with van der Waals surface area (Å²) < 4.78 is 0. The maximum atomic E-state index is 4.37. The van der Waals surface area contributed by atoms with Crippen LogP contribution in [0.2, 0.25) is 19.1 Å². The number of rotatable bonds is 4. The summed E-state index contributed by atoms with van der Waals surface area (Å²) in [5.74, 6) is 0. The molecular formula is C15H24N2Si. The van der Waals surface area contributed by atoms with Gasteiger partial charge in [-0.1, -0.05) is 24.4 Å². The number of hydrogen-bond donors (Lipinski definition) is 0. The number of hydrogen-bond acceptors (Lipinski definition) is 2. The van der Waals surface area contributed by atoms with Gasteiger partial charge in [0, 0.05) is 18.4 Å². The predicted octanol–water partition coefficient (Wildman–Crippen LogP) is 2.95. The molecule has 98 valence electrons. The molecule has 3 heteroatoms. The normalized spacial score (nSPS) is 21.2. The lowest BCUT2D eigenvalue weighted by Gasteiger charge is -2.29. The Bertz CT molecular complexity index is 428. The topological polar surface area (TPSA) is 16.1 Å². The Morgan fingerprint density at radius 3 is 2.94 bits per heavy atom. The molecule has 1 atom stereocenters. The fraction of sp³-hybridized carbons (Fsp3) is 0.533. The molecule has 0 spiro atoms. The van der Waals surface area contributed by atoms with Crippen LogP contribution in [0.3, 0.4) is 0 Å². The summed E-state index contributed by atoms with van der Waals surface area (Å²) >= 11 is 0. The molecule has 1 fully saturated rings. The lowest BCUT2D eigenvalue weighted by molar-refractivity contribution is 0.318. The molecular weight excluding hydrogens is 236 g/mol. The largest absolute Gasteiger partial charge is 0.299 e. The molecule has 0 bridgehead atoms. The Hall–Kier alpha value is -0.933. The first kappa shape index (κ1) is 13.5. The van der Waals surface area contributed by atoms with Crippen LogP contribution in [0, 0.1) is 0 Å². The first-order valence-corrected chi connectivity index (χ1v) is 10.0. The molecule has 0 N–H and O–H groups in total. The van der Waals surface area contributed by atoms with Gasteiger partial charge in [-0.25, -0.2) is 0 Å². The Kier molecular flexibility index (Phi) is 4.03. The van der Waals surface area contributed by atoms with Crippen molar-refractivity contribution in [3.8, 4) is 0 Å². The minimum absolute atomic E-state index is 0.574. The summed E-state index contributed by atoms with van der Waals surface area (Å²) in [5, 5.41) is 1.57. The van der Waals surface area contributed by atoms with Gasteiger partial charge in [-0.2, -0.15) is 0 Å². The van der Waals surface area contributed by atoms with Gasteiger partial charge >= 0.3 is 0 Å². The summed E-state index contributed by atoms with van der Waals surface area (Å²) in [6, 6.07) is 3.96. The van der Waals surface area contributed by atoms with E-state index in [2.05, 4.69) is 54.9 Å². The molecule has 0 aliphatic carbocycles. The average Bonchev–Trinajstić information content (AvgIpc) is 2.75. The van der Waals surface area contributed by atoms with E-state index in [4.69, 9.17) is 0 Å². The molecule has 1 saturated heterocycles. The van der Waals surface area contributed by atoms with Gasteiger partial charge in [0.1, 0.15) is 0 Å². The summed E-state index contributed by atoms with van der Waals surface area (Å²) in [7, 11) is 0.827. The first-order valence-electron chi connectivity index (χ1n) is 6.82. The van der Waals surface area contributed by atoms with E-state index in [9.17, 15) is 0 Å². The number of likely N-dealkylation sites (tertiary alicyclic amines) is 1. The molecule has 18 heavy (non-hydrogen) atoms. The maximum absolute atomic E-state index is 4.37. The molecule has 2 nitrogen and oxygen atoms in total. The monoisotopic (exact) mass is 260 g/mol. The molecule has 0 unspecified atom stereocenters. The standard InChI is InChI=1S/C15H24N2Si/c1-5-11-18(3,4)15-8-9-16-12-13(15)14-7-6-10-17(14)2/h5,8-9,12,14H,1,6-7,10-11H2,2-4H3/t14-/m0/s1. The Balaban J connectivity index is 2.39. The van der Waals surface area contributed by atoms with E-state index in [0.717, 1.165) is 6.04 Å². The molecule has 2 heterocycles. The zero-order chi connectivity index (χ0) is 13.2. The Morgan fingerprint density at radius 2 is 2.33 bits per heavy atom. The minimum Gasteiger partial charge on any atom is -0.299 e. The van der Waals surface area contributed by atoms with Crippen molar-refractivity contribution in [2.45, 2.75) is 38.0 Å². The van der Waals surface area contributed by atoms with Crippen LogP contribution >= 0.6 is 0 Å². The number of aromatic nitrogens is 1. The fourth-order valence-electron chi connectivity index (χ4n) is 3.06. The van der Waals surface area contributed by atoms with Crippen molar-refractivity contribution in [3.63, 3.8) is 0 Å². The Morgan fingerprint density at radius 1 is 1.56 bits per heavy atom. The molecule has 1 aliphatic rings. The highest BCUT2D eigenvalue weighted by Crippen LogP contribution is 2.30. The molecule has 1 aromatic rings. The van der Waals surface area contributed by atoms with Crippen LogP contribution in [0.4, 0.5) is 0 Å². The molecule has 0 aromatic carbocycles. The van der Waals surface area contributed by atoms with Gasteiger partial charge in [-0.05, 0) is 44.1 Å². The van der Waals surface area contributed by atoms with E-state index in [-0.39, 0.29) is 0 Å². The summed E-state index contributed by atoms with van der Waals surface area (Å²) in [4.78, 5) is 6.84. The molecule has 0 radical (unpaired) electrons. The summed E-state index contributed by atoms with van der Waals surface area (Å²) in [6.07, 6.45) is 8.70. The highest BCUT2D eigenvalue weighted by Gasteiger charge is 2.31. The van der Waals surface area contributed by atoms with Crippen LogP contribution < -0.4 is 5.19 Å². The molecule has 1 aliphatic heterocycles. The highest BCUT2D eigenvalue weighted by molar-refractivity contribution is 6.90. The average molecular weight is 260 g/mol. The van der Waals surface area contributed by atoms with Crippen molar-refractivity contribution in [2.75, 3.05) is 13.6 Å². The van der Waals surface area contributed by atoms with Crippen molar-refractivity contribution in [2.24, 2.45) is 0 Å². The minimum atomic E-state index is -1.41. The third kappa shape index (κ3) is 2.57. The van der Waals surface area contributed by atoms with E-state index >= 15 is 0 Å². The molecule has 0 saturated carbocycles. The SMILES string of the molecule is C=CC[Si](C)(C)c1ccncc1[C@@H]1CCCN1C. The van der Waals surface area contributed by atoms with Crippen molar-refractivity contribution in [1.82, 2.24) is 9.88 Å². The van der Waals surface area contributed by atoms with Gasteiger partial charge in [0.2, 0.25) is 0 Å². The van der Waals surface area contributed by atoms with Crippen LogP contribution in [0.25, 0.3) is 0 Å². The number of allylic oxidation sites excluding steroid dienone is 1. The van der Waals surface area contributed by atoms with Crippen LogP contribution in [0.5, 0.6) is 0 Å². The lowest BCUT2D eigenvalue weighted by Crippen LogP contribution is -2.44. The van der Waals surface area contributed by atoms with E-state index in [1.54, 1.807) is 5.19 Å². The molecule has 2 rings (SSSR count). The fourth-order valence-corrected chi connectivity index (χ4v) is 5.54. The van der Waals surface area contributed by atoms with Crippen LogP contribution in [-0.2, 0) is 0 Å². The van der Waals surface area contributed by atoms with Gasteiger partial charge in [0.05, 0.1) is 8.07 Å². The predicted molar refractivity (Wildman–Crippen MR) is 81.0 cm³/mol. The highest BCUT2D eigenvalue weighted by atomic mass is 28.3. The smallest absolute Gasteiger partial charge is 0.0848 e.